The van der Waals surface area contributed by atoms with E-state index in [0.717, 1.165) is 32.0 Å². The van der Waals surface area contributed by atoms with Crippen LogP contribution in [-0.2, 0) is 13.1 Å². The molecule has 0 spiro atoms. The van der Waals surface area contributed by atoms with Crippen molar-refractivity contribution in [1.29, 1.82) is 0 Å². The molecule has 2 aromatic rings. The first-order valence-corrected chi connectivity index (χ1v) is 7.29. The van der Waals surface area contributed by atoms with E-state index in [0.29, 0.717) is 0 Å². The summed E-state index contributed by atoms with van der Waals surface area (Å²) in [7, 11) is 0. The number of nitrogens with one attached hydrogen (secondary N) is 1. The number of benzene rings is 1. The number of hydrogen-bond donors (Lipinski definition) is 2. The molecule has 1 aliphatic rings. The molecule has 0 atom stereocenters. The zero-order chi connectivity index (χ0) is 13.1. The minimum Gasteiger partial charge on any atom is -0.396 e. The molecule has 3 rings (SSSR count). The summed E-state index contributed by atoms with van der Waals surface area (Å²) in [5.74, 6) is 0. The van der Waals surface area contributed by atoms with Gasteiger partial charge in [0.05, 0.1) is 5.52 Å². The number of hydrogen-bond acceptors (Lipinski definition) is 2. The monoisotopic (exact) mass is 258 g/mol. The zero-order valence-electron chi connectivity index (χ0n) is 11.3. The lowest BCUT2D eigenvalue weighted by Gasteiger charge is -2.10. The predicted octanol–water partition coefficient (Wildman–Crippen LogP) is 2.67. The number of unbranched alkanes of at least 4 members (excludes halogenated alkanes) is 1. The van der Waals surface area contributed by atoms with E-state index in [9.17, 15) is 0 Å². The highest BCUT2D eigenvalue weighted by Crippen LogP contribution is 2.23. The third kappa shape index (κ3) is 2.99. The van der Waals surface area contributed by atoms with Crippen LogP contribution < -0.4 is 5.32 Å². The smallest absolute Gasteiger partial charge is 0.0525 e. The number of nitrogens with zero attached hydrogens (tertiary/aromatic N) is 1. The van der Waals surface area contributed by atoms with Crippen LogP contribution in [0.4, 0.5) is 0 Å². The van der Waals surface area contributed by atoms with Gasteiger partial charge in [-0.15, -0.1) is 0 Å². The van der Waals surface area contributed by atoms with Crippen LogP contribution in [0.1, 0.15) is 31.2 Å². The summed E-state index contributed by atoms with van der Waals surface area (Å²) in [4.78, 5) is 0. The highest BCUT2D eigenvalue weighted by molar-refractivity contribution is 5.83. The van der Waals surface area contributed by atoms with E-state index in [1.807, 2.05) is 0 Å². The summed E-state index contributed by atoms with van der Waals surface area (Å²) >= 11 is 0. The standard InChI is InChI=1S/C16H22N2O/c19-11-2-1-9-18-10-8-13-4-3-5-14(16(13)18)12-17-15-6-7-15/h3-5,8,10,15,17,19H,1-2,6-7,9,11-12H2. The van der Waals surface area contributed by atoms with E-state index in [4.69, 9.17) is 5.11 Å². The van der Waals surface area contributed by atoms with E-state index in [-0.39, 0.29) is 6.61 Å². The van der Waals surface area contributed by atoms with Crippen molar-refractivity contribution in [3.8, 4) is 0 Å². The summed E-state index contributed by atoms with van der Waals surface area (Å²) in [6, 6.07) is 9.48. The molecular weight excluding hydrogens is 236 g/mol. The SMILES string of the molecule is OCCCCn1ccc2cccc(CNC3CC3)c21. The topological polar surface area (TPSA) is 37.2 Å². The number of fused-ring (bicyclic) bond motifs is 1. The summed E-state index contributed by atoms with van der Waals surface area (Å²) in [6.45, 7) is 2.24. The Balaban J connectivity index is 1.80. The number of aryl methyl sites for hydroxylation is 1. The van der Waals surface area contributed by atoms with Crippen LogP contribution >= 0.6 is 0 Å². The first-order valence-electron chi connectivity index (χ1n) is 7.29. The van der Waals surface area contributed by atoms with E-state index < -0.39 is 0 Å². The lowest BCUT2D eigenvalue weighted by Crippen LogP contribution is -2.16. The maximum atomic E-state index is 8.90. The van der Waals surface area contributed by atoms with Gasteiger partial charge in [-0.3, -0.25) is 0 Å². The molecule has 1 fully saturated rings. The van der Waals surface area contributed by atoms with Crippen LogP contribution in [0.25, 0.3) is 10.9 Å². The Labute approximate surface area is 114 Å². The lowest BCUT2D eigenvalue weighted by molar-refractivity contribution is 0.281. The van der Waals surface area contributed by atoms with Crippen molar-refractivity contribution in [1.82, 2.24) is 9.88 Å². The molecule has 0 radical (unpaired) electrons. The first kappa shape index (κ1) is 12.7. The van der Waals surface area contributed by atoms with Crippen LogP contribution in [0, 0.1) is 0 Å². The molecule has 102 valence electrons. The molecule has 1 heterocycles. The third-order valence-corrected chi connectivity index (χ3v) is 3.84. The minimum atomic E-state index is 0.287. The Kier molecular flexibility index (Phi) is 3.85. The molecule has 3 heteroatoms. The highest BCUT2D eigenvalue weighted by Gasteiger charge is 2.20. The Morgan fingerprint density at radius 3 is 2.89 bits per heavy atom. The van der Waals surface area contributed by atoms with Crippen molar-refractivity contribution >= 4 is 10.9 Å². The van der Waals surface area contributed by atoms with Gasteiger partial charge >= 0.3 is 0 Å². The average Bonchev–Trinajstić information content (AvgIpc) is 3.17. The van der Waals surface area contributed by atoms with Crippen molar-refractivity contribution in [3.63, 3.8) is 0 Å². The maximum absolute atomic E-state index is 8.90. The van der Waals surface area contributed by atoms with Gasteiger partial charge < -0.3 is 15.0 Å². The molecule has 19 heavy (non-hydrogen) atoms. The average molecular weight is 258 g/mol. The van der Waals surface area contributed by atoms with Gasteiger partial charge in [0.2, 0.25) is 0 Å². The van der Waals surface area contributed by atoms with Crippen molar-refractivity contribution < 1.29 is 5.11 Å². The van der Waals surface area contributed by atoms with Crippen molar-refractivity contribution in [2.45, 2.75) is 44.8 Å². The quantitative estimate of drug-likeness (QED) is 0.749. The molecule has 0 aliphatic heterocycles. The van der Waals surface area contributed by atoms with Crippen LogP contribution in [0.5, 0.6) is 0 Å². The van der Waals surface area contributed by atoms with Gasteiger partial charge in [-0.25, -0.2) is 0 Å². The van der Waals surface area contributed by atoms with Gasteiger partial charge in [-0.2, -0.15) is 0 Å². The second-order valence-corrected chi connectivity index (χ2v) is 5.45. The number of aromatic nitrogens is 1. The number of rotatable bonds is 7. The molecular formula is C16H22N2O. The first-order chi connectivity index (χ1) is 9.38. The number of aliphatic hydroxyl groups is 1. The van der Waals surface area contributed by atoms with Crippen LogP contribution in [-0.4, -0.2) is 22.3 Å². The molecule has 0 unspecified atom stereocenters. The fourth-order valence-electron chi connectivity index (χ4n) is 2.61. The Morgan fingerprint density at radius 2 is 2.11 bits per heavy atom. The minimum absolute atomic E-state index is 0.287. The molecule has 1 saturated carbocycles. The van der Waals surface area contributed by atoms with Crippen LogP contribution in [0.15, 0.2) is 30.5 Å². The highest BCUT2D eigenvalue weighted by atomic mass is 16.2. The second kappa shape index (κ2) is 5.76. The van der Waals surface area contributed by atoms with Crippen molar-refractivity contribution in [2.24, 2.45) is 0 Å². The van der Waals surface area contributed by atoms with Crippen molar-refractivity contribution in [2.75, 3.05) is 6.61 Å². The zero-order valence-corrected chi connectivity index (χ0v) is 11.3. The Hall–Kier alpha value is -1.32. The maximum Gasteiger partial charge on any atom is 0.0525 e. The normalized spacial score (nSPS) is 15.2. The molecule has 1 aromatic carbocycles. The molecule has 0 bridgehead atoms. The molecule has 0 saturated heterocycles. The van der Waals surface area contributed by atoms with Crippen LogP contribution in [0.3, 0.4) is 0 Å². The Morgan fingerprint density at radius 1 is 1.21 bits per heavy atom. The van der Waals surface area contributed by atoms with Gasteiger partial charge in [0, 0.05) is 31.9 Å². The van der Waals surface area contributed by atoms with E-state index in [2.05, 4.69) is 40.3 Å². The Bertz CT molecular complexity index is 543. The van der Waals surface area contributed by atoms with Gasteiger partial charge in [0.1, 0.15) is 0 Å². The largest absolute Gasteiger partial charge is 0.396 e. The van der Waals surface area contributed by atoms with Gasteiger partial charge in [-0.1, -0.05) is 18.2 Å². The summed E-state index contributed by atoms with van der Waals surface area (Å²) < 4.78 is 2.33. The number of aliphatic hydroxyl groups excluding tert-OH is 1. The van der Waals surface area contributed by atoms with E-state index in [1.165, 1.54) is 29.3 Å². The summed E-state index contributed by atoms with van der Waals surface area (Å²) in [6.07, 6.45) is 6.73. The molecule has 1 aliphatic carbocycles. The molecule has 0 amide bonds. The number of para-hydroxylation sites is 1. The van der Waals surface area contributed by atoms with Gasteiger partial charge in [0.15, 0.2) is 0 Å². The fourth-order valence-corrected chi connectivity index (χ4v) is 2.61. The summed E-state index contributed by atoms with van der Waals surface area (Å²) in [5.41, 5.74) is 2.74. The molecule has 1 aromatic heterocycles. The van der Waals surface area contributed by atoms with Gasteiger partial charge in [-0.05, 0) is 42.7 Å². The van der Waals surface area contributed by atoms with Crippen molar-refractivity contribution in [3.05, 3.63) is 36.0 Å². The third-order valence-electron chi connectivity index (χ3n) is 3.84. The van der Waals surface area contributed by atoms with Gasteiger partial charge in [0.25, 0.3) is 0 Å². The van der Waals surface area contributed by atoms with E-state index >= 15 is 0 Å². The van der Waals surface area contributed by atoms with E-state index in [1.54, 1.807) is 0 Å². The predicted molar refractivity (Wildman–Crippen MR) is 78.1 cm³/mol. The second-order valence-electron chi connectivity index (χ2n) is 5.45. The summed E-state index contributed by atoms with van der Waals surface area (Å²) in [5, 5.41) is 13.8. The molecule has 3 nitrogen and oxygen atoms in total. The lowest BCUT2D eigenvalue weighted by atomic mass is 10.1. The fraction of sp³-hybridized carbons (Fsp3) is 0.500. The molecule has 2 N–H and O–H groups in total. The van der Waals surface area contributed by atoms with Crippen LogP contribution in [0.2, 0.25) is 0 Å².